The summed E-state index contributed by atoms with van der Waals surface area (Å²) in [6.45, 7) is 3.09. The summed E-state index contributed by atoms with van der Waals surface area (Å²) in [7, 11) is 0. The van der Waals surface area contributed by atoms with Crippen LogP contribution in [0.25, 0.3) is 0 Å². The molecule has 1 unspecified atom stereocenters. The van der Waals surface area contributed by atoms with Crippen LogP contribution < -0.4 is 0 Å². The van der Waals surface area contributed by atoms with Gasteiger partial charge in [0, 0.05) is 6.08 Å². The predicted octanol–water partition coefficient (Wildman–Crippen LogP) is 2.96. The molecule has 0 aliphatic rings. The summed E-state index contributed by atoms with van der Waals surface area (Å²) in [6, 6.07) is 0. The average molecular weight is 176 g/mol. The molecule has 0 aromatic heterocycles. The first kappa shape index (κ1) is 11.3. The van der Waals surface area contributed by atoms with Crippen LogP contribution in [0, 0.1) is 0 Å². The second kappa shape index (κ2) is 5.01. The quantitative estimate of drug-likeness (QED) is 0.588. The summed E-state index contributed by atoms with van der Waals surface area (Å²) in [4.78, 5) is 10.9. The molecule has 3 heteroatoms. The number of unbranched alkanes of at least 4 members (excludes halogenated alkanes) is 1. The largest absolute Gasteiger partial charge is 0.291 e. The van der Waals surface area contributed by atoms with Gasteiger partial charge in [-0.1, -0.05) is 19.8 Å². The summed E-state index contributed by atoms with van der Waals surface area (Å²) in [5.74, 6) is -0.793. The van der Waals surface area contributed by atoms with Crippen LogP contribution in [0.5, 0.6) is 0 Å². The molecule has 0 N–H and O–H groups in total. The van der Waals surface area contributed by atoms with Crippen molar-refractivity contribution in [2.45, 2.75) is 38.8 Å². The molecule has 0 heterocycles. The molecule has 0 aromatic carbocycles. The number of ketones is 1. The highest BCUT2D eigenvalue weighted by molar-refractivity contribution is 5.96. The molecule has 0 rings (SSSR count). The highest BCUT2D eigenvalue weighted by Crippen LogP contribution is 2.20. The second-order valence-electron chi connectivity index (χ2n) is 2.96. The zero-order chi connectivity index (χ0) is 9.61. The van der Waals surface area contributed by atoms with E-state index in [9.17, 15) is 13.6 Å². The normalized spacial score (nSPS) is 16.3. The SMILES string of the molecule is CCCCC(C)(F)C(=O)C=CF. The molecule has 70 valence electrons. The van der Waals surface area contributed by atoms with Gasteiger partial charge in [-0.25, -0.2) is 8.78 Å². The van der Waals surface area contributed by atoms with Gasteiger partial charge in [0.05, 0.1) is 6.33 Å². The van der Waals surface area contributed by atoms with Gasteiger partial charge < -0.3 is 0 Å². The minimum absolute atomic E-state index is 0.0755. The van der Waals surface area contributed by atoms with Gasteiger partial charge in [-0.3, -0.25) is 4.79 Å². The van der Waals surface area contributed by atoms with Crippen molar-refractivity contribution < 1.29 is 13.6 Å². The highest BCUT2D eigenvalue weighted by atomic mass is 19.1. The Bertz CT molecular complexity index is 173. The Balaban J connectivity index is 4.09. The molecule has 0 spiro atoms. The van der Waals surface area contributed by atoms with Gasteiger partial charge in [-0.15, -0.1) is 0 Å². The maximum absolute atomic E-state index is 13.3. The number of carbonyl (C=O) groups is 1. The van der Waals surface area contributed by atoms with E-state index in [1.54, 1.807) is 0 Å². The lowest BCUT2D eigenvalue weighted by atomic mass is 9.96. The van der Waals surface area contributed by atoms with Gasteiger partial charge in [-0.2, -0.15) is 0 Å². The third-order valence-corrected chi connectivity index (χ3v) is 1.73. The van der Waals surface area contributed by atoms with Gasteiger partial charge in [0.2, 0.25) is 0 Å². The van der Waals surface area contributed by atoms with Crippen LogP contribution in [-0.4, -0.2) is 11.5 Å². The molecule has 0 radical (unpaired) electrons. The van der Waals surface area contributed by atoms with Crippen LogP contribution in [0.3, 0.4) is 0 Å². The van der Waals surface area contributed by atoms with Crippen LogP contribution in [-0.2, 0) is 4.79 Å². The van der Waals surface area contributed by atoms with Crippen molar-refractivity contribution in [2.75, 3.05) is 0 Å². The Morgan fingerprint density at radius 3 is 2.58 bits per heavy atom. The third kappa shape index (κ3) is 3.60. The highest BCUT2D eigenvalue weighted by Gasteiger charge is 2.29. The smallest absolute Gasteiger partial charge is 0.194 e. The zero-order valence-corrected chi connectivity index (χ0v) is 7.44. The van der Waals surface area contributed by atoms with Crippen molar-refractivity contribution in [3.63, 3.8) is 0 Å². The van der Waals surface area contributed by atoms with E-state index in [0.29, 0.717) is 12.5 Å². The van der Waals surface area contributed by atoms with Crippen LogP contribution in [0.1, 0.15) is 33.1 Å². The second-order valence-corrected chi connectivity index (χ2v) is 2.96. The van der Waals surface area contributed by atoms with Crippen molar-refractivity contribution in [1.29, 1.82) is 0 Å². The summed E-state index contributed by atoms with van der Waals surface area (Å²) >= 11 is 0. The molecule has 0 amide bonds. The number of rotatable bonds is 5. The summed E-state index contributed by atoms with van der Waals surface area (Å²) < 4.78 is 24.8. The van der Waals surface area contributed by atoms with E-state index in [1.165, 1.54) is 6.92 Å². The van der Waals surface area contributed by atoms with E-state index in [2.05, 4.69) is 0 Å². The van der Waals surface area contributed by atoms with Gasteiger partial charge in [-0.05, 0) is 13.3 Å². The molecular formula is C9H14F2O. The van der Waals surface area contributed by atoms with E-state index in [1.807, 2.05) is 6.92 Å². The molecule has 0 aromatic rings. The summed E-state index contributed by atoms with van der Waals surface area (Å²) in [5.41, 5.74) is -1.90. The van der Waals surface area contributed by atoms with Crippen molar-refractivity contribution in [2.24, 2.45) is 0 Å². The van der Waals surface area contributed by atoms with Gasteiger partial charge in [0.25, 0.3) is 0 Å². The number of allylic oxidation sites excluding steroid dienone is 1. The Morgan fingerprint density at radius 1 is 1.58 bits per heavy atom. The molecule has 0 saturated heterocycles. The number of halogens is 2. The minimum atomic E-state index is -1.90. The number of carbonyl (C=O) groups excluding carboxylic acids is 1. The van der Waals surface area contributed by atoms with E-state index in [-0.39, 0.29) is 12.8 Å². The van der Waals surface area contributed by atoms with E-state index >= 15 is 0 Å². The first-order chi connectivity index (χ1) is 5.54. The zero-order valence-electron chi connectivity index (χ0n) is 7.44. The van der Waals surface area contributed by atoms with Crippen LogP contribution in [0.15, 0.2) is 12.4 Å². The molecule has 1 atom stereocenters. The Kier molecular flexibility index (Phi) is 4.71. The average Bonchev–Trinajstić information content (AvgIpc) is 2.01. The van der Waals surface area contributed by atoms with Gasteiger partial charge >= 0.3 is 0 Å². The Hall–Kier alpha value is -0.730. The molecule has 12 heavy (non-hydrogen) atoms. The van der Waals surface area contributed by atoms with Crippen LogP contribution in [0.4, 0.5) is 8.78 Å². The first-order valence-electron chi connectivity index (χ1n) is 4.04. The fourth-order valence-corrected chi connectivity index (χ4v) is 0.863. The fourth-order valence-electron chi connectivity index (χ4n) is 0.863. The molecular weight excluding hydrogens is 162 g/mol. The van der Waals surface area contributed by atoms with Gasteiger partial charge in [0.15, 0.2) is 11.5 Å². The maximum atomic E-state index is 13.3. The molecule has 1 nitrogen and oxygen atoms in total. The first-order valence-corrected chi connectivity index (χ1v) is 4.04. The van der Waals surface area contributed by atoms with Crippen LogP contribution >= 0.6 is 0 Å². The predicted molar refractivity (Wildman–Crippen MR) is 44.3 cm³/mol. The molecule has 0 aliphatic carbocycles. The number of hydrogen-bond donors (Lipinski definition) is 0. The standard InChI is InChI=1S/C9H14F2O/c1-3-4-6-9(2,11)8(12)5-7-10/h5,7H,3-4,6H2,1-2H3. The number of hydrogen-bond acceptors (Lipinski definition) is 1. The summed E-state index contributed by atoms with van der Waals surface area (Å²) in [5, 5.41) is 0. The molecule has 0 aliphatic heterocycles. The monoisotopic (exact) mass is 176 g/mol. The lowest BCUT2D eigenvalue weighted by molar-refractivity contribution is -0.125. The molecule has 0 bridgehead atoms. The van der Waals surface area contributed by atoms with Crippen molar-refractivity contribution >= 4 is 5.78 Å². The minimum Gasteiger partial charge on any atom is -0.291 e. The van der Waals surface area contributed by atoms with E-state index < -0.39 is 11.5 Å². The fraction of sp³-hybridized carbons (Fsp3) is 0.667. The van der Waals surface area contributed by atoms with E-state index in [4.69, 9.17) is 0 Å². The number of alkyl halides is 1. The topological polar surface area (TPSA) is 17.1 Å². The Labute approximate surface area is 71.5 Å². The summed E-state index contributed by atoms with van der Waals surface area (Å²) in [6.07, 6.45) is 2.33. The van der Waals surface area contributed by atoms with Crippen molar-refractivity contribution in [3.05, 3.63) is 12.4 Å². The van der Waals surface area contributed by atoms with Gasteiger partial charge in [0.1, 0.15) is 0 Å². The molecule has 0 fully saturated rings. The maximum Gasteiger partial charge on any atom is 0.194 e. The van der Waals surface area contributed by atoms with E-state index in [0.717, 1.165) is 6.42 Å². The molecule has 0 saturated carbocycles. The lowest BCUT2D eigenvalue weighted by Gasteiger charge is -2.15. The van der Waals surface area contributed by atoms with Crippen LogP contribution in [0.2, 0.25) is 0 Å². The van der Waals surface area contributed by atoms with Crippen molar-refractivity contribution in [1.82, 2.24) is 0 Å². The Morgan fingerprint density at radius 2 is 2.17 bits per heavy atom. The third-order valence-electron chi connectivity index (χ3n) is 1.73. The van der Waals surface area contributed by atoms with Crippen molar-refractivity contribution in [3.8, 4) is 0 Å². The lowest BCUT2D eigenvalue weighted by Crippen LogP contribution is -2.28.